The van der Waals surface area contributed by atoms with Crippen molar-refractivity contribution in [1.82, 2.24) is 15.6 Å². The van der Waals surface area contributed by atoms with E-state index in [1.54, 1.807) is 24.6 Å². The number of pyridine rings is 1. The lowest BCUT2D eigenvalue weighted by Gasteiger charge is -2.15. The van der Waals surface area contributed by atoms with Crippen molar-refractivity contribution in [3.8, 4) is 5.88 Å². The van der Waals surface area contributed by atoms with E-state index in [0.717, 1.165) is 24.6 Å². The average molecular weight is 504 g/mol. The number of hydrogen-bond acceptors (Lipinski definition) is 5. The molecule has 0 fully saturated rings. The standard InChI is InChI=1S/C19H28N4O2S.HI/c1-4-20-19(22-13-15(2)17-8-6-12-26-17)23-14-16-7-5-9-21-18(16)25-11-10-24-3;/h5-9,12,15H,4,10-11,13-14H2,1-3H3,(H2,20,22,23);1H. The molecule has 6 nitrogen and oxygen atoms in total. The van der Waals surface area contributed by atoms with E-state index in [4.69, 9.17) is 9.47 Å². The molecule has 0 radical (unpaired) electrons. The largest absolute Gasteiger partial charge is 0.475 e. The predicted molar refractivity (Wildman–Crippen MR) is 123 cm³/mol. The van der Waals surface area contributed by atoms with Crippen LogP contribution in [0.1, 0.15) is 30.2 Å². The lowest BCUT2D eigenvalue weighted by molar-refractivity contribution is 0.143. The summed E-state index contributed by atoms with van der Waals surface area (Å²) in [6.45, 7) is 7.42. The fourth-order valence-corrected chi connectivity index (χ4v) is 3.11. The van der Waals surface area contributed by atoms with Crippen LogP contribution in [0.3, 0.4) is 0 Å². The van der Waals surface area contributed by atoms with Gasteiger partial charge in [0.15, 0.2) is 5.96 Å². The van der Waals surface area contributed by atoms with E-state index in [1.165, 1.54) is 4.88 Å². The van der Waals surface area contributed by atoms with Gasteiger partial charge in [-0.1, -0.05) is 19.1 Å². The Hall–Kier alpha value is -1.39. The Kier molecular flexibility index (Phi) is 12.0. The van der Waals surface area contributed by atoms with Crippen molar-refractivity contribution in [2.24, 2.45) is 4.99 Å². The number of guanidine groups is 1. The molecule has 0 saturated heterocycles. The summed E-state index contributed by atoms with van der Waals surface area (Å²) in [6, 6.07) is 8.13. The lowest BCUT2D eigenvalue weighted by atomic mass is 10.1. The molecule has 27 heavy (non-hydrogen) atoms. The first-order chi connectivity index (χ1) is 12.7. The van der Waals surface area contributed by atoms with Crippen LogP contribution < -0.4 is 15.4 Å². The third-order valence-electron chi connectivity index (χ3n) is 3.73. The van der Waals surface area contributed by atoms with Crippen molar-refractivity contribution in [3.05, 3.63) is 46.3 Å². The van der Waals surface area contributed by atoms with E-state index < -0.39 is 0 Å². The van der Waals surface area contributed by atoms with Crippen LogP contribution in [0, 0.1) is 0 Å². The second kappa shape index (κ2) is 13.7. The van der Waals surface area contributed by atoms with Crippen LogP contribution in [0.15, 0.2) is 40.8 Å². The molecule has 0 spiro atoms. The number of aromatic nitrogens is 1. The van der Waals surface area contributed by atoms with Crippen molar-refractivity contribution in [2.75, 3.05) is 33.4 Å². The Morgan fingerprint density at radius 1 is 1.26 bits per heavy atom. The van der Waals surface area contributed by atoms with E-state index in [9.17, 15) is 0 Å². The molecule has 0 aliphatic heterocycles. The molecular formula is C19H29IN4O2S. The molecular weight excluding hydrogens is 475 g/mol. The molecule has 8 heteroatoms. The van der Waals surface area contributed by atoms with Gasteiger partial charge < -0.3 is 20.1 Å². The average Bonchev–Trinajstić information content (AvgIpc) is 3.20. The van der Waals surface area contributed by atoms with Gasteiger partial charge in [0.2, 0.25) is 5.88 Å². The van der Waals surface area contributed by atoms with E-state index in [2.05, 4.69) is 52.0 Å². The highest BCUT2D eigenvalue weighted by molar-refractivity contribution is 14.0. The highest BCUT2D eigenvalue weighted by atomic mass is 127. The van der Waals surface area contributed by atoms with Gasteiger partial charge in [-0.3, -0.25) is 0 Å². The Balaban J connectivity index is 0.00000364. The maximum atomic E-state index is 5.67. The minimum atomic E-state index is 0. The van der Waals surface area contributed by atoms with E-state index in [0.29, 0.717) is 31.6 Å². The number of rotatable bonds is 10. The molecule has 0 bridgehead atoms. The lowest BCUT2D eigenvalue weighted by Crippen LogP contribution is -2.39. The molecule has 0 aliphatic rings. The summed E-state index contributed by atoms with van der Waals surface area (Å²) in [5.41, 5.74) is 0.951. The topological polar surface area (TPSA) is 67.8 Å². The zero-order chi connectivity index (χ0) is 18.6. The molecule has 2 N–H and O–H groups in total. The van der Waals surface area contributed by atoms with Crippen LogP contribution in [0.4, 0.5) is 0 Å². The summed E-state index contributed by atoms with van der Waals surface area (Å²) < 4.78 is 10.7. The predicted octanol–water partition coefficient (Wildman–Crippen LogP) is 3.65. The van der Waals surface area contributed by atoms with Crippen LogP contribution in [0.5, 0.6) is 5.88 Å². The summed E-state index contributed by atoms with van der Waals surface area (Å²) in [5.74, 6) is 1.84. The van der Waals surface area contributed by atoms with Gasteiger partial charge in [0.1, 0.15) is 6.61 Å². The molecule has 0 amide bonds. The first-order valence-corrected chi connectivity index (χ1v) is 9.73. The minimum Gasteiger partial charge on any atom is -0.475 e. The van der Waals surface area contributed by atoms with Gasteiger partial charge in [0.25, 0.3) is 0 Å². The Bertz CT molecular complexity index is 667. The zero-order valence-electron chi connectivity index (χ0n) is 16.1. The number of aliphatic imine (C=N–C) groups is 1. The molecule has 0 aliphatic carbocycles. The van der Waals surface area contributed by atoms with Crippen molar-refractivity contribution in [3.63, 3.8) is 0 Å². The summed E-state index contributed by atoms with van der Waals surface area (Å²) >= 11 is 1.78. The maximum absolute atomic E-state index is 5.67. The van der Waals surface area contributed by atoms with Gasteiger partial charge in [-0.2, -0.15) is 0 Å². The number of nitrogens with zero attached hydrogens (tertiary/aromatic N) is 2. The maximum Gasteiger partial charge on any atom is 0.218 e. The minimum absolute atomic E-state index is 0. The summed E-state index contributed by atoms with van der Waals surface area (Å²) in [4.78, 5) is 10.3. The highest BCUT2D eigenvalue weighted by Gasteiger charge is 2.08. The number of thiophene rings is 1. The van der Waals surface area contributed by atoms with Crippen molar-refractivity contribution >= 4 is 41.3 Å². The van der Waals surface area contributed by atoms with Crippen molar-refractivity contribution < 1.29 is 9.47 Å². The molecule has 2 aromatic heterocycles. The van der Waals surface area contributed by atoms with Gasteiger partial charge in [0.05, 0.1) is 13.2 Å². The van der Waals surface area contributed by atoms with Crippen LogP contribution >= 0.6 is 35.3 Å². The number of hydrogen-bond donors (Lipinski definition) is 2. The van der Waals surface area contributed by atoms with Crippen LogP contribution in [-0.2, 0) is 11.3 Å². The van der Waals surface area contributed by atoms with Gasteiger partial charge in [0, 0.05) is 42.8 Å². The highest BCUT2D eigenvalue weighted by Crippen LogP contribution is 2.19. The number of ether oxygens (including phenoxy) is 2. The number of halogens is 1. The fraction of sp³-hybridized carbons (Fsp3) is 0.474. The van der Waals surface area contributed by atoms with E-state index in [-0.39, 0.29) is 24.0 Å². The third kappa shape index (κ3) is 8.44. The van der Waals surface area contributed by atoms with E-state index in [1.807, 2.05) is 12.1 Å². The summed E-state index contributed by atoms with van der Waals surface area (Å²) in [7, 11) is 1.65. The molecule has 2 aromatic rings. The monoisotopic (exact) mass is 504 g/mol. The molecule has 1 atom stereocenters. The SMILES string of the molecule is CCNC(=NCc1cccnc1OCCOC)NCC(C)c1cccs1.I. The van der Waals surface area contributed by atoms with Crippen LogP contribution in [0.25, 0.3) is 0 Å². The third-order valence-corrected chi connectivity index (χ3v) is 4.84. The van der Waals surface area contributed by atoms with Crippen LogP contribution in [0.2, 0.25) is 0 Å². The first kappa shape index (κ1) is 23.6. The first-order valence-electron chi connectivity index (χ1n) is 8.85. The zero-order valence-corrected chi connectivity index (χ0v) is 19.3. The van der Waals surface area contributed by atoms with Crippen molar-refractivity contribution in [1.29, 1.82) is 0 Å². The fourth-order valence-electron chi connectivity index (χ4n) is 2.32. The van der Waals surface area contributed by atoms with Crippen LogP contribution in [-0.4, -0.2) is 44.4 Å². The van der Waals surface area contributed by atoms with E-state index >= 15 is 0 Å². The molecule has 0 saturated carbocycles. The molecule has 150 valence electrons. The summed E-state index contributed by atoms with van der Waals surface area (Å²) in [6.07, 6.45) is 1.72. The second-order valence-corrected chi connectivity index (χ2v) is 6.78. The number of methoxy groups -OCH3 is 1. The second-order valence-electron chi connectivity index (χ2n) is 5.80. The summed E-state index contributed by atoms with van der Waals surface area (Å²) in [5, 5.41) is 8.81. The Labute approximate surface area is 182 Å². The Morgan fingerprint density at radius 2 is 2.11 bits per heavy atom. The number of nitrogens with one attached hydrogen (secondary N) is 2. The molecule has 1 unspecified atom stereocenters. The smallest absolute Gasteiger partial charge is 0.218 e. The van der Waals surface area contributed by atoms with Crippen molar-refractivity contribution in [2.45, 2.75) is 26.3 Å². The normalized spacial score (nSPS) is 12.2. The van der Waals surface area contributed by atoms with Gasteiger partial charge in [-0.25, -0.2) is 9.98 Å². The van der Waals surface area contributed by atoms with Gasteiger partial charge >= 0.3 is 0 Å². The quantitative estimate of drug-likeness (QED) is 0.224. The molecule has 0 aromatic carbocycles. The molecule has 2 rings (SSSR count). The van der Waals surface area contributed by atoms with Gasteiger partial charge in [-0.05, 0) is 24.4 Å². The van der Waals surface area contributed by atoms with Gasteiger partial charge in [-0.15, -0.1) is 35.3 Å². The Morgan fingerprint density at radius 3 is 2.81 bits per heavy atom. The molecule has 2 heterocycles.